The minimum Gasteiger partial charge on any atom is -0.756 e. The van der Waals surface area contributed by atoms with E-state index in [-0.39, 0.29) is 25.8 Å². The highest BCUT2D eigenvalue weighted by Gasteiger charge is 2.20. The first kappa shape index (κ1) is 52.2. The summed E-state index contributed by atoms with van der Waals surface area (Å²) in [4.78, 5) is 25.0. The summed E-state index contributed by atoms with van der Waals surface area (Å²) in [5.74, 6) is -0.340. The Morgan fingerprint density at radius 2 is 0.981 bits per heavy atom. The lowest BCUT2D eigenvalue weighted by Gasteiger charge is -2.28. The minimum absolute atomic E-state index is 0.0277. The molecule has 0 aliphatic rings. The molecule has 0 spiro atoms. The second-order valence-corrected chi connectivity index (χ2v) is 17.8. The second-order valence-electron chi connectivity index (χ2n) is 16.4. The fourth-order valence-corrected chi connectivity index (χ4v) is 7.03. The summed E-state index contributed by atoms with van der Waals surface area (Å²) in [6.45, 7) is 5.42. The van der Waals surface area contributed by atoms with E-state index in [2.05, 4.69) is 26.0 Å². The van der Waals surface area contributed by atoms with E-state index in [9.17, 15) is 14.3 Å². The molecule has 0 N–H and O–H groups in total. The van der Waals surface area contributed by atoms with Gasteiger partial charge in [0.15, 0.2) is 0 Å². The zero-order valence-electron chi connectivity index (χ0n) is 35.7. The van der Waals surface area contributed by atoms with Gasteiger partial charge in [-0.2, -0.15) is 0 Å². The van der Waals surface area contributed by atoms with Gasteiger partial charge in [-0.25, -0.2) is 0 Å². The summed E-state index contributed by atoms with van der Waals surface area (Å²) in [6.07, 6.45) is 40.8. The number of unbranched alkanes of at least 4 members (excludes halogenated alkanes) is 26. The molecule has 0 aromatic heterocycles. The molecule has 1 unspecified atom stereocenters. The largest absolute Gasteiger partial charge is 0.756 e. The molecule has 9 heteroatoms. The molecule has 0 amide bonds. The summed E-state index contributed by atoms with van der Waals surface area (Å²) < 4.78 is 34.6. The van der Waals surface area contributed by atoms with Crippen LogP contribution in [-0.2, 0) is 27.9 Å². The Morgan fingerprint density at radius 3 is 1.45 bits per heavy atom. The third-order valence-corrected chi connectivity index (χ3v) is 10.8. The van der Waals surface area contributed by atoms with Gasteiger partial charge in [-0.1, -0.05) is 174 Å². The molecule has 2 atom stereocenters. The highest BCUT2D eigenvalue weighted by Crippen LogP contribution is 2.38. The van der Waals surface area contributed by atoms with Crippen LogP contribution in [0.2, 0.25) is 0 Å². The molecule has 8 nitrogen and oxygen atoms in total. The molecule has 53 heavy (non-hydrogen) atoms. The van der Waals surface area contributed by atoms with Crippen molar-refractivity contribution in [3.63, 3.8) is 0 Å². The van der Waals surface area contributed by atoms with E-state index in [1.165, 1.54) is 141 Å². The summed E-state index contributed by atoms with van der Waals surface area (Å²) in [7, 11) is 1.36. The van der Waals surface area contributed by atoms with Crippen LogP contribution in [0.5, 0.6) is 0 Å². The zero-order valence-corrected chi connectivity index (χ0v) is 36.6. The maximum Gasteiger partial charge on any atom is 0.306 e. The Labute approximate surface area is 329 Å². The number of quaternary nitrogens is 1. The first-order chi connectivity index (χ1) is 25.6. The van der Waals surface area contributed by atoms with Gasteiger partial charge in [-0.15, -0.1) is 0 Å². The number of hydrogen-bond acceptors (Lipinski definition) is 7. The lowest BCUT2D eigenvalue weighted by Crippen LogP contribution is -2.37. The molecule has 0 bridgehead atoms. The maximum absolute atomic E-state index is 12.6. The molecular weight excluding hydrogens is 685 g/mol. The van der Waals surface area contributed by atoms with Crippen molar-refractivity contribution in [1.29, 1.82) is 0 Å². The highest BCUT2D eigenvalue weighted by molar-refractivity contribution is 7.45. The van der Waals surface area contributed by atoms with Gasteiger partial charge in [0.1, 0.15) is 19.3 Å². The Morgan fingerprint density at radius 1 is 0.566 bits per heavy atom. The number of carbonyl (C=O) groups excluding carboxylic acids is 1. The van der Waals surface area contributed by atoms with Gasteiger partial charge >= 0.3 is 5.97 Å². The van der Waals surface area contributed by atoms with Crippen molar-refractivity contribution in [2.45, 2.75) is 213 Å². The van der Waals surface area contributed by atoms with Gasteiger partial charge in [-0.05, 0) is 38.5 Å². The van der Waals surface area contributed by atoms with Gasteiger partial charge in [0.2, 0.25) is 0 Å². The molecule has 0 aromatic carbocycles. The average molecular weight is 774 g/mol. The van der Waals surface area contributed by atoms with Crippen LogP contribution in [0.1, 0.15) is 206 Å². The standard InChI is InChI=1S/C44H88NO7P/c1-6-8-10-12-14-16-18-20-21-22-23-24-26-28-30-32-34-36-39-49-41-43(42-51-53(47,48)50-40-38-45(3,4)5)52-44(46)37-35-33-31-29-27-25-19-17-15-13-11-9-7-2/h17,19,43H,6-16,18,20-42H2,1-5H3/b19-17-/t43-/m1/s1. The van der Waals surface area contributed by atoms with Gasteiger partial charge < -0.3 is 27.9 Å². The molecule has 0 aliphatic carbocycles. The Hall–Kier alpha value is -0.760. The summed E-state index contributed by atoms with van der Waals surface area (Å²) >= 11 is 0. The Balaban J connectivity index is 4.17. The van der Waals surface area contributed by atoms with Crippen LogP contribution < -0.4 is 4.89 Å². The smallest absolute Gasteiger partial charge is 0.306 e. The molecule has 316 valence electrons. The summed E-state index contributed by atoms with van der Waals surface area (Å²) in [5, 5.41) is 0. The number of allylic oxidation sites excluding steroid dienone is 2. The number of hydrogen-bond donors (Lipinski definition) is 0. The van der Waals surface area contributed by atoms with Crippen molar-refractivity contribution in [1.82, 2.24) is 0 Å². The number of rotatable bonds is 42. The van der Waals surface area contributed by atoms with E-state index in [0.717, 1.165) is 44.9 Å². The number of nitrogens with zero attached hydrogens (tertiary/aromatic N) is 1. The Bertz CT molecular complexity index is 863. The summed E-state index contributed by atoms with van der Waals surface area (Å²) in [6, 6.07) is 0. The van der Waals surface area contributed by atoms with Crippen LogP contribution in [0, 0.1) is 0 Å². The van der Waals surface area contributed by atoms with Crippen LogP contribution in [0.15, 0.2) is 12.2 Å². The van der Waals surface area contributed by atoms with Crippen molar-refractivity contribution >= 4 is 13.8 Å². The molecule has 0 aromatic rings. The van der Waals surface area contributed by atoms with E-state index in [0.29, 0.717) is 24.1 Å². The summed E-state index contributed by atoms with van der Waals surface area (Å²) in [5.41, 5.74) is 0. The Kier molecular flexibility index (Phi) is 37.6. The topological polar surface area (TPSA) is 94.1 Å². The molecule has 0 saturated carbocycles. The number of phosphoric ester groups is 1. The maximum atomic E-state index is 12.6. The van der Waals surface area contributed by atoms with Crippen molar-refractivity contribution in [3.8, 4) is 0 Å². The fraction of sp³-hybridized carbons (Fsp3) is 0.932. The molecule has 0 rings (SSSR count). The number of phosphoric acid groups is 1. The van der Waals surface area contributed by atoms with E-state index in [1.54, 1.807) is 0 Å². The number of esters is 1. The van der Waals surface area contributed by atoms with E-state index < -0.39 is 13.9 Å². The monoisotopic (exact) mass is 774 g/mol. The van der Waals surface area contributed by atoms with E-state index in [4.69, 9.17) is 18.5 Å². The molecular formula is C44H88NO7P. The molecule has 0 aliphatic heterocycles. The van der Waals surface area contributed by atoms with Crippen LogP contribution in [0.25, 0.3) is 0 Å². The van der Waals surface area contributed by atoms with Gasteiger partial charge in [0.25, 0.3) is 7.82 Å². The second kappa shape index (κ2) is 38.1. The van der Waals surface area contributed by atoms with Gasteiger partial charge in [0, 0.05) is 13.0 Å². The molecule has 0 heterocycles. The van der Waals surface area contributed by atoms with Crippen LogP contribution in [0.4, 0.5) is 0 Å². The normalized spacial score (nSPS) is 13.8. The van der Waals surface area contributed by atoms with Crippen LogP contribution in [0.3, 0.4) is 0 Å². The number of likely N-dealkylation sites (N-methyl/N-ethyl adjacent to an activating group) is 1. The van der Waals surface area contributed by atoms with Crippen LogP contribution in [-0.4, -0.2) is 70.7 Å². The van der Waals surface area contributed by atoms with Gasteiger partial charge in [-0.3, -0.25) is 9.36 Å². The molecule has 0 saturated heterocycles. The van der Waals surface area contributed by atoms with E-state index >= 15 is 0 Å². The van der Waals surface area contributed by atoms with Crippen molar-refractivity contribution in [2.24, 2.45) is 0 Å². The molecule has 0 radical (unpaired) electrons. The lowest BCUT2D eigenvalue weighted by atomic mass is 10.0. The van der Waals surface area contributed by atoms with Crippen molar-refractivity contribution < 1.29 is 37.3 Å². The van der Waals surface area contributed by atoms with Crippen LogP contribution >= 0.6 is 7.82 Å². The van der Waals surface area contributed by atoms with Crippen molar-refractivity contribution in [3.05, 3.63) is 12.2 Å². The van der Waals surface area contributed by atoms with E-state index in [1.807, 2.05) is 21.1 Å². The number of ether oxygens (including phenoxy) is 2. The van der Waals surface area contributed by atoms with Crippen molar-refractivity contribution in [2.75, 3.05) is 54.1 Å². The molecule has 0 fully saturated rings. The average Bonchev–Trinajstić information content (AvgIpc) is 3.11. The minimum atomic E-state index is -4.52. The predicted octanol–water partition coefficient (Wildman–Crippen LogP) is 12.4. The predicted molar refractivity (Wildman–Crippen MR) is 222 cm³/mol. The number of carbonyl (C=O) groups is 1. The quantitative estimate of drug-likeness (QED) is 0.0200. The SMILES string of the molecule is CCCCCC/C=C\CCCCCCCC(=O)O[C@H](COCCCCCCCCCCCCCCCCCCCC)COP(=O)([O-])OCC[N+](C)(C)C. The highest BCUT2D eigenvalue weighted by atomic mass is 31.2. The first-order valence-electron chi connectivity index (χ1n) is 22.4. The third-order valence-electron chi connectivity index (χ3n) is 9.82. The van der Waals surface area contributed by atoms with Gasteiger partial charge in [0.05, 0.1) is 34.4 Å². The third kappa shape index (κ3) is 42.2. The lowest BCUT2D eigenvalue weighted by molar-refractivity contribution is -0.870. The zero-order chi connectivity index (χ0) is 39.1. The fourth-order valence-electron chi connectivity index (χ4n) is 6.31. The first-order valence-corrected chi connectivity index (χ1v) is 23.9.